The molecule has 0 saturated carbocycles. The normalized spacial score (nSPS) is 21.3. The van der Waals surface area contributed by atoms with E-state index in [2.05, 4.69) is 15.6 Å². The molecule has 1 unspecified atom stereocenters. The monoisotopic (exact) mass is 227 g/mol. The highest BCUT2D eigenvalue weighted by atomic mass is 32.1. The number of carbonyl (C=O) groups excluding carboxylic acids is 1. The fourth-order valence-electron chi connectivity index (χ4n) is 1.34. The number of carbonyl (C=O) groups is 1. The van der Waals surface area contributed by atoms with Crippen LogP contribution in [0.2, 0.25) is 0 Å². The van der Waals surface area contributed by atoms with Crippen LogP contribution in [0.25, 0.3) is 0 Å². The number of aromatic nitrogens is 1. The van der Waals surface area contributed by atoms with E-state index in [0.717, 1.165) is 12.2 Å². The molecule has 15 heavy (non-hydrogen) atoms. The molecule has 82 valence electrons. The number of thiazole rings is 1. The van der Waals surface area contributed by atoms with Crippen molar-refractivity contribution in [3.05, 3.63) is 11.1 Å². The molecule has 0 radical (unpaired) electrons. The van der Waals surface area contributed by atoms with Crippen LogP contribution in [0.1, 0.15) is 5.69 Å². The Balaban J connectivity index is 1.91. The maximum Gasteiger partial charge on any atom is 0.245 e. The highest BCUT2D eigenvalue weighted by Crippen LogP contribution is 2.14. The number of rotatable bonds is 2. The first-order chi connectivity index (χ1) is 7.25. The van der Waals surface area contributed by atoms with Crippen molar-refractivity contribution in [2.45, 2.75) is 13.0 Å². The van der Waals surface area contributed by atoms with Gasteiger partial charge >= 0.3 is 0 Å². The fraction of sp³-hybridized carbons (Fsp3) is 0.556. The average Bonchev–Trinajstić information content (AvgIpc) is 2.65. The zero-order valence-corrected chi connectivity index (χ0v) is 9.26. The van der Waals surface area contributed by atoms with Crippen LogP contribution in [0.5, 0.6) is 0 Å². The standard InChI is InChI=1S/C9H13N3O2S/c1-6-5-15-9(11-6)12-8(13)7-4-14-3-2-10-7/h5,7,10H,2-4H2,1H3,(H,11,12,13). The Kier molecular flexibility index (Phi) is 3.30. The van der Waals surface area contributed by atoms with Crippen molar-refractivity contribution < 1.29 is 9.53 Å². The first-order valence-electron chi connectivity index (χ1n) is 4.80. The molecule has 1 aromatic heterocycles. The molecular weight excluding hydrogens is 214 g/mol. The van der Waals surface area contributed by atoms with E-state index in [1.54, 1.807) is 0 Å². The topological polar surface area (TPSA) is 63.2 Å². The van der Waals surface area contributed by atoms with Crippen LogP contribution in [0.4, 0.5) is 5.13 Å². The van der Waals surface area contributed by atoms with Crippen LogP contribution in [0.3, 0.4) is 0 Å². The first kappa shape index (κ1) is 10.5. The van der Waals surface area contributed by atoms with Gasteiger partial charge in [0.15, 0.2) is 5.13 Å². The van der Waals surface area contributed by atoms with E-state index in [9.17, 15) is 4.79 Å². The van der Waals surface area contributed by atoms with E-state index in [1.807, 2.05) is 12.3 Å². The third-order valence-corrected chi connectivity index (χ3v) is 2.96. The van der Waals surface area contributed by atoms with Crippen LogP contribution < -0.4 is 10.6 Å². The Hall–Kier alpha value is -0.980. The maximum absolute atomic E-state index is 11.7. The number of aryl methyl sites for hydroxylation is 1. The van der Waals surface area contributed by atoms with E-state index < -0.39 is 0 Å². The molecule has 1 aliphatic heterocycles. The highest BCUT2D eigenvalue weighted by molar-refractivity contribution is 7.13. The van der Waals surface area contributed by atoms with Crippen LogP contribution >= 0.6 is 11.3 Å². The van der Waals surface area contributed by atoms with Crippen LogP contribution in [0, 0.1) is 6.92 Å². The Labute approximate surface area is 91.9 Å². The summed E-state index contributed by atoms with van der Waals surface area (Å²) in [4.78, 5) is 15.9. The Bertz CT molecular complexity index is 347. The molecule has 1 fully saturated rings. The number of hydrogen-bond donors (Lipinski definition) is 2. The quantitative estimate of drug-likeness (QED) is 0.766. The number of amides is 1. The molecule has 1 atom stereocenters. The van der Waals surface area contributed by atoms with Crippen LogP contribution in [-0.4, -0.2) is 36.7 Å². The molecule has 0 aromatic carbocycles. The minimum absolute atomic E-state index is 0.0796. The van der Waals surface area contributed by atoms with Crippen molar-refractivity contribution in [2.75, 3.05) is 25.1 Å². The second-order valence-electron chi connectivity index (χ2n) is 3.36. The second kappa shape index (κ2) is 4.69. The molecule has 1 amide bonds. The SMILES string of the molecule is Cc1csc(NC(=O)C2COCCN2)n1. The molecule has 2 rings (SSSR count). The third kappa shape index (κ3) is 2.74. The molecular formula is C9H13N3O2S. The van der Waals surface area contributed by atoms with E-state index in [0.29, 0.717) is 18.3 Å². The largest absolute Gasteiger partial charge is 0.378 e. The molecule has 2 heterocycles. The van der Waals surface area contributed by atoms with Crippen molar-refractivity contribution in [2.24, 2.45) is 0 Å². The lowest BCUT2D eigenvalue weighted by Crippen LogP contribution is -2.48. The van der Waals surface area contributed by atoms with Crippen molar-refractivity contribution >= 4 is 22.4 Å². The summed E-state index contributed by atoms with van der Waals surface area (Å²) >= 11 is 1.43. The van der Waals surface area contributed by atoms with E-state index >= 15 is 0 Å². The van der Waals surface area contributed by atoms with Gasteiger partial charge in [0, 0.05) is 11.9 Å². The Morgan fingerprint density at radius 2 is 2.67 bits per heavy atom. The predicted octanol–water partition coefficient (Wildman–Crippen LogP) is 0.378. The van der Waals surface area contributed by atoms with E-state index in [4.69, 9.17) is 4.74 Å². The van der Waals surface area contributed by atoms with Gasteiger partial charge in [0.2, 0.25) is 5.91 Å². The molecule has 1 aromatic rings. The zero-order valence-electron chi connectivity index (χ0n) is 8.45. The molecule has 1 saturated heterocycles. The van der Waals surface area contributed by atoms with Crippen molar-refractivity contribution in [3.8, 4) is 0 Å². The van der Waals surface area contributed by atoms with Gasteiger partial charge in [0.1, 0.15) is 6.04 Å². The van der Waals surface area contributed by atoms with Gasteiger partial charge < -0.3 is 15.4 Å². The molecule has 0 bridgehead atoms. The van der Waals surface area contributed by atoms with Crippen molar-refractivity contribution in [1.29, 1.82) is 0 Å². The van der Waals surface area contributed by atoms with Gasteiger partial charge in [-0.1, -0.05) is 0 Å². The predicted molar refractivity (Wildman–Crippen MR) is 58.1 cm³/mol. The summed E-state index contributed by atoms with van der Waals surface area (Å²) in [6.45, 7) is 3.71. The lowest BCUT2D eigenvalue weighted by Gasteiger charge is -2.22. The third-order valence-electron chi connectivity index (χ3n) is 2.09. The van der Waals surface area contributed by atoms with Crippen LogP contribution in [0.15, 0.2) is 5.38 Å². The average molecular weight is 227 g/mol. The number of ether oxygens (including phenoxy) is 1. The number of anilines is 1. The molecule has 2 N–H and O–H groups in total. The summed E-state index contributed by atoms with van der Waals surface area (Å²) in [5.41, 5.74) is 0.920. The highest BCUT2D eigenvalue weighted by Gasteiger charge is 2.21. The Morgan fingerprint density at radius 3 is 3.27 bits per heavy atom. The minimum Gasteiger partial charge on any atom is -0.378 e. The van der Waals surface area contributed by atoms with Crippen molar-refractivity contribution in [3.63, 3.8) is 0 Å². The first-order valence-corrected chi connectivity index (χ1v) is 5.68. The number of nitrogens with zero attached hydrogens (tertiary/aromatic N) is 1. The summed E-state index contributed by atoms with van der Waals surface area (Å²) < 4.78 is 5.21. The summed E-state index contributed by atoms with van der Waals surface area (Å²) in [7, 11) is 0. The summed E-state index contributed by atoms with van der Waals surface area (Å²) in [5.74, 6) is -0.0796. The molecule has 1 aliphatic rings. The van der Waals surface area contributed by atoms with Crippen molar-refractivity contribution in [1.82, 2.24) is 10.3 Å². The second-order valence-corrected chi connectivity index (χ2v) is 4.22. The van der Waals surface area contributed by atoms with Gasteiger partial charge in [0.05, 0.1) is 18.9 Å². The van der Waals surface area contributed by atoms with E-state index in [1.165, 1.54) is 11.3 Å². The number of morpholine rings is 1. The molecule has 0 aliphatic carbocycles. The lowest BCUT2D eigenvalue weighted by atomic mass is 10.2. The smallest absolute Gasteiger partial charge is 0.245 e. The van der Waals surface area contributed by atoms with Crippen LogP contribution in [-0.2, 0) is 9.53 Å². The fourth-order valence-corrected chi connectivity index (χ4v) is 2.03. The lowest BCUT2D eigenvalue weighted by molar-refractivity contribution is -0.120. The number of nitrogens with one attached hydrogen (secondary N) is 2. The maximum atomic E-state index is 11.7. The van der Waals surface area contributed by atoms with Gasteiger partial charge in [-0.05, 0) is 6.92 Å². The zero-order chi connectivity index (χ0) is 10.7. The van der Waals surface area contributed by atoms with Gasteiger partial charge in [0.25, 0.3) is 0 Å². The van der Waals surface area contributed by atoms with E-state index in [-0.39, 0.29) is 11.9 Å². The molecule has 6 heteroatoms. The van der Waals surface area contributed by atoms with Gasteiger partial charge in [-0.2, -0.15) is 0 Å². The minimum atomic E-state index is -0.261. The summed E-state index contributed by atoms with van der Waals surface area (Å²) in [5, 5.41) is 8.39. The van der Waals surface area contributed by atoms with Gasteiger partial charge in [-0.15, -0.1) is 11.3 Å². The molecule has 5 nitrogen and oxygen atoms in total. The number of hydrogen-bond acceptors (Lipinski definition) is 5. The molecule has 0 spiro atoms. The van der Waals surface area contributed by atoms with Gasteiger partial charge in [-0.3, -0.25) is 4.79 Å². The summed E-state index contributed by atoms with van der Waals surface area (Å²) in [6.07, 6.45) is 0. The Morgan fingerprint density at radius 1 is 1.80 bits per heavy atom. The summed E-state index contributed by atoms with van der Waals surface area (Å²) in [6, 6.07) is -0.261. The van der Waals surface area contributed by atoms with Gasteiger partial charge in [-0.25, -0.2) is 4.98 Å².